The number of carbonyl (C=O) groups is 2. The van der Waals surface area contributed by atoms with E-state index in [1.807, 2.05) is 6.07 Å². The Kier molecular flexibility index (Phi) is 5.27. The highest BCUT2D eigenvalue weighted by Crippen LogP contribution is 2.21. The molecule has 0 aromatic carbocycles. The van der Waals surface area contributed by atoms with Gasteiger partial charge in [0.25, 0.3) is 5.91 Å². The van der Waals surface area contributed by atoms with Crippen LogP contribution in [0.5, 0.6) is 0 Å². The van der Waals surface area contributed by atoms with Gasteiger partial charge < -0.3 is 14.5 Å². The van der Waals surface area contributed by atoms with Crippen LogP contribution in [0.2, 0.25) is 0 Å². The molecule has 7 nitrogen and oxygen atoms in total. The average Bonchev–Trinajstić information content (AvgIpc) is 3.16. The molecule has 2 aliphatic rings. The quantitative estimate of drug-likeness (QED) is 0.778. The Balaban J connectivity index is 1.63. The van der Waals surface area contributed by atoms with Crippen LogP contribution in [0.25, 0.3) is 0 Å². The third-order valence-corrected chi connectivity index (χ3v) is 4.63. The topological polar surface area (TPSA) is 75.6 Å². The summed E-state index contributed by atoms with van der Waals surface area (Å²) in [7, 11) is 0. The maximum absolute atomic E-state index is 12.6. The fourth-order valence-electron chi connectivity index (χ4n) is 3.33. The monoisotopic (exact) mass is 332 g/mol. The number of rotatable bonds is 4. The number of likely N-dealkylation sites (tertiary alicyclic amines) is 1. The number of carbonyl (C=O) groups excluding carboxylic acids is 2. The number of ether oxygens (including phenoxy) is 1. The van der Waals surface area contributed by atoms with Gasteiger partial charge in [0, 0.05) is 26.2 Å². The second kappa shape index (κ2) is 7.59. The van der Waals surface area contributed by atoms with Crippen molar-refractivity contribution in [2.75, 3.05) is 37.7 Å². The minimum atomic E-state index is -0.237. The molecule has 0 spiro atoms. The van der Waals surface area contributed by atoms with Crippen LogP contribution in [0, 0.1) is 5.92 Å². The van der Waals surface area contributed by atoms with E-state index in [-0.39, 0.29) is 17.8 Å². The first-order chi connectivity index (χ1) is 11.7. The third kappa shape index (κ3) is 3.66. The van der Waals surface area contributed by atoms with Crippen molar-refractivity contribution in [2.45, 2.75) is 32.6 Å². The third-order valence-electron chi connectivity index (χ3n) is 4.63. The summed E-state index contributed by atoms with van der Waals surface area (Å²) in [6.07, 6.45) is 3.91. The largest absolute Gasteiger partial charge is 0.466 e. The summed E-state index contributed by atoms with van der Waals surface area (Å²) >= 11 is 0. The molecular formula is C17H24N4O3. The normalized spacial score (nSPS) is 21.0. The predicted molar refractivity (Wildman–Crippen MR) is 88.7 cm³/mol. The number of hydrogen-bond donors (Lipinski definition) is 0. The van der Waals surface area contributed by atoms with Crippen LogP contribution in [-0.2, 0) is 9.53 Å². The second-order valence-corrected chi connectivity index (χ2v) is 6.31. The van der Waals surface area contributed by atoms with E-state index in [4.69, 9.17) is 4.74 Å². The lowest BCUT2D eigenvalue weighted by Crippen LogP contribution is -2.43. The summed E-state index contributed by atoms with van der Waals surface area (Å²) in [6.45, 7) is 5.19. The molecule has 2 fully saturated rings. The van der Waals surface area contributed by atoms with Crippen LogP contribution < -0.4 is 4.90 Å². The minimum Gasteiger partial charge on any atom is -0.466 e. The summed E-state index contributed by atoms with van der Waals surface area (Å²) in [4.78, 5) is 28.4. The Bertz CT molecular complexity index is 584. The average molecular weight is 332 g/mol. The van der Waals surface area contributed by atoms with E-state index >= 15 is 0 Å². The van der Waals surface area contributed by atoms with Crippen LogP contribution in [0.15, 0.2) is 12.1 Å². The fraction of sp³-hybridized carbons (Fsp3) is 0.647. The van der Waals surface area contributed by atoms with Crippen molar-refractivity contribution in [1.82, 2.24) is 15.1 Å². The molecule has 1 atom stereocenters. The van der Waals surface area contributed by atoms with Gasteiger partial charge in [-0.2, -0.15) is 0 Å². The Hall–Kier alpha value is -2.18. The number of amides is 1. The van der Waals surface area contributed by atoms with E-state index in [1.165, 1.54) is 12.8 Å². The van der Waals surface area contributed by atoms with Gasteiger partial charge in [-0.3, -0.25) is 9.59 Å². The van der Waals surface area contributed by atoms with Crippen molar-refractivity contribution < 1.29 is 14.3 Å². The standard InChI is InChI=1S/C17H24N4O3/c1-2-24-17(23)13-6-5-11-21(12-13)16(22)14-7-8-15(19-18-14)20-9-3-4-10-20/h7-8,13H,2-6,9-12H2,1H3/t13-/m0/s1. The minimum absolute atomic E-state index is 0.163. The van der Waals surface area contributed by atoms with Gasteiger partial charge in [0.05, 0.1) is 12.5 Å². The van der Waals surface area contributed by atoms with Crippen molar-refractivity contribution in [3.63, 3.8) is 0 Å². The Labute approximate surface area is 142 Å². The summed E-state index contributed by atoms with van der Waals surface area (Å²) in [5, 5.41) is 8.30. The Morgan fingerprint density at radius 2 is 1.96 bits per heavy atom. The van der Waals surface area contributed by atoms with E-state index in [2.05, 4.69) is 15.1 Å². The molecule has 0 N–H and O–H groups in total. The molecule has 7 heteroatoms. The number of aromatic nitrogens is 2. The van der Waals surface area contributed by atoms with Gasteiger partial charge in [-0.1, -0.05) is 0 Å². The summed E-state index contributed by atoms with van der Waals surface area (Å²) < 4.78 is 5.08. The molecule has 24 heavy (non-hydrogen) atoms. The van der Waals surface area contributed by atoms with Crippen molar-refractivity contribution in [1.29, 1.82) is 0 Å². The number of nitrogens with zero attached hydrogens (tertiary/aromatic N) is 4. The highest BCUT2D eigenvalue weighted by Gasteiger charge is 2.30. The lowest BCUT2D eigenvalue weighted by atomic mass is 9.98. The molecule has 2 aliphatic heterocycles. The molecule has 0 bridgehead atoms. The van der Waals surface area contributed by atoms with Crippen LogP contribution in [0.1, 0.15) is 43.1 Å². The molecule has 130 valence electrons. The molecule has 1 aromatic rings. The molecule has 1 amide bonds. The lowest BCUT2D eigenvalue weighted by molar-refractivity contribution is -0.149. The zero-order chi connectivity index (χ0) is 16.9. The van der Waals surface area contributed by atoms with Crippen molar-refractivity contribution in [3.05, 3.63) is 17.8 Å². The molecular weight excluding hydrogens is 308 g/mol. The number of hydrogen-bond acceptors (Lipinski definition) is 6. The van der Waals surface area contributed by atoms with E-state index in [9.17, 15) is 9.59 Å². The first-order valence-electron chi connectivity index (χ1n) is 8.73. The zero-order valence-electron chi connectivity index (χ0n) is 14.1. The van der Waals surface area contributed by atoms with Crippen molar-refractivity contribution in [2.24, 2.45) is 5.92 Å². The summed E-state index contributed by atoms with van der Waals surface area (Å²) in [5.41, 5.74) is 0.336. The van der Waals surface area contributed by atoms with Gasteiger partial charge in [-0.15, -0.1) is 10.2 Å². The maximum Gasteiger partial charge on any atom is 0.310 e. The van der Waals surface area contributed by atoms with Gasteiger partial charge in [-0.25, -0.2) is 0 Å². The highest BCUT2D eigenvalue weighted by atomic mass is 16.5. The van der Waals surface area contributed by atoms with Crippen molar-refractivity contribution in [3.8, 4) is 0 Å². The highest BCUT2D eigenvalue weighted by molar-refractivity contribution is 5.92. The van der Waals surface area contributed by atoms with Crippen LogP contribution >= 0.6 is 0 Å². The van der Waals surface area contributed by atoms with Gasteiger partial charge in [-0.05, 0) is 44.7 Å². The number of piperidine rings is 1. The molecule has 2 saturated heterocycles. The Morgan fingerprint density at radius 1 is 1.17 bits per heavy atom. The Morgan fingerprint density at radius 3 is 2.62 bits per heavy atom. The predicted octanol–water partition coefficient (Wildman–Crippen LogP) is 1.49. The van der Waals surface area contributed by atoms with Gasteiger partial charge >= 0.3 is 5.97 Å². The van der Waals surface area contributed by atoms with Gasteiger partial charge in [0.1, 0.15) is 0 Å². The lowest BCUT2D eigenvalue weighted by Gasteiger charge is -2.31. The number of anilines is 1. The van der Waals surface area contributed by atoms with Crippen LogP contribution in [-0.4, -0.2) is 59.8 Å². The van der Waals surface area contributed by atoms with Crippen molar-refractivity contribution >= 4 is 17.7 Å². The first-order valence-corrected chi connectivity index (χ1v) is 8.73. The maximum atomic E-state index is 12.6. The molecule has 0 saturated carbocycles. The van der Waals surface area contributed by atoms with Gasteiger partial charge in [0.15, 0.2) is 11.5 Å². The molecule has 1 aromatic heterocycles. The van der Waals surface area contributed by atoms with E-state index in [1.54, 1.807) is 17.9 Å². The molecule has 0 radical (unpaired) electrons. The van der Waals surface area contributed by atoms with E-state index in [0.29, 0.717) is 25.4 Å². The second-order valence-electron chi connectivity index (χ2n) is 6.31. The SMILES string of the molecule is CCOC(=O)[C@H]1CCCN(C(=O)c2ccc(N3CCCC3)nn2)C1. The molecule has 0 aliphatic carbocycles. The molecule has 3 heterocycles. The summed E-state index contributed by atoms with van der Waals surface area (Å²) in [5.74, 6) is 0.210. The van der Waals surface area contributed by atoms with E-state index in [0.717, 1.165) is 31.7 Å². The number of esters is 1. The van der Waals surface area contributed by atoms with Crippen LogP contribution in [0.4, 0.5) is 5.82 Å². The molecule has 0 unspecified atom stereocenters. The van der Waals surface area contributed by atoms with E-state index < -0.39 is 0 Å². The zero-order valence-corrected chi connectivity index (χ0v) is 14.1. The molecule has 3 rings (SSSR count). The van der Waals surface area contributed by atoms with Gasteiger partial charge in [0.2, 0.25) is 0 Å². The first kappa shape index (κ1) is 16.7. The van der Waals surface area contributed by atoms with Crippen LogP contribution in [0.3, 0.4) is 0 Å². The summed E-state index contributed by atoms with van der Waals surface area (Å²) in [6, 6.07) is 3.59. The smallest absolute Gasteiger partial charge is 0.310 e. The fourth-order valence-corrected chi connectivity index (χ4v) is 3.33.